The molecule has 1 aliphatic heterocycles. The summed E-state index contributed by atoms with van der Waals surface area (Å²) in [5.74, 6) is -0.556. The van der Waals surface area contributed by atoms with Crippen LogP contribution >= 0.6 is 23.2 Å². The summed E-state index contributed by atoms with van der Waals surface area (Å²) in [4.78, 5) is 26.0. The van der Waals surface area contributed by atoms with Gasteiger partial charge in [0.05, 0.1) is 22.2 Å². The molecule has 0 aliphatic carbocycles. The number of benzene rings is 2. The quantitative estimate of drug-likeness (QED) is 0.824. The van der Waals surface area contributed by atoms with Crippen LogP contribution in [0.2, 0.25) is 10.0 Å². The Kier molecular flexibility index (Phi) is 4.78. The van der Waals surface area contributed by atoms with Crippen molar-refractivity contribution in [3.63, 3.8) is 0 Å². The summed E-state index contributed by atoms with van der Waals surface area (Å²) in [5.41, 5.74) is 2.46. The van der Waals surface area contributed by atoms with Crippen LogP contribution in [0.1, 0.15) is 18.9 Å². The number of hydrogen-bond donors (Lipinski definition) is 1. The van der Waals surface area contributed by atoms with Crippen LogP contribution in [-0.4, -0.2) is 17.9 Å². The van der Waals surface area contributed by atoms with Crippen LogP contribution in [-0.2, 0) is 16.0 Å². The normalized spacial score (nSPS) is 17.5. The Bertz CT molecular complexity index is 790. The molecule has 0 aromatic heterocycles. The molecule has 24 heavy (non-hydrogen) atoms. The first-order valence-corrected chi connectivity index (χ1v) is 8.42. The first-order valence-electron chi connectivity index (χ1n) is 7.67. The molecule has 1 atom stereocenters. The molecule has 124 valence electrons. The van der Waals surface area contributed by atoms with Gasteiger partial charge in [0.25, 0.3) is 5.91 Å². The summed E-state index contributed by atoms with van der Waals surface area (Å²) >= 11 is 11.9. The van der Waals surface area contributed by atoms with E-state index >= 15 is 0 Å². The highest BCUT2D eigenvalue weighted by molar-refractivity contribution is 6.42. The molecule has 4 nitrogen and oxygen atoms in total. The largest absolute Gasteiger partial charge is 0.373 e. The van der Waals surface area contributed by atoms with E-state index in [1.807, 2.05) is 24.3 Å². The maximum Gasteiger partial charge on any atom is 0.256 e. The van der Waals surface area contributed by atoms with Gasteiger partial charge in [0.2, 0.25) is 5.91 Å². The maximum atomic E-state index is 12.6. The number of nitrogens with one attached hydrogen (secondary N) is 1. The standard InChI is InChI=1S/C18H16Cl2N2O2/c1-2-11-3-5-12(6-4-11)21-16-10-17(23)22(18(16)24)13-7-8-14(19)15(20)9-13/h3-9,16,21H,2,10H2,1H3/t16-/m0/s1. The molecule has 0 unspecified atom stereocenters. The molecule has 1 saturated heterocycles. The number of hydrogen-bond acceptors (Lipinski definition) is 3. The molecular weight excluding hydrogens is 347 g/mol. The number of amides is 2. The van der Waals surface area contributed by atoms with Gasteiger partial charge in [-0.15, -0.1) is 0 Å². The fourth-order valence-electron chi connectivity index (χ4n) is 2.68. The van der Waals surface area contributed by atoms with E-state index in [1.165, 1.54) is 11.6 Å². The number of halogens is 2. The van der Waals surface area contributed by atoms with Gasteiger partial charge in [0.15, 0.2) is 0 Å². The highest BCUT2D eigenvalue weighted by atomic mass is 35.5. The summed E-state index contributed by atoms with van der Waals surface area (Å²) in [7, 11) is 0. The molecule has 2 aromatic carbocycles. The van der Waals surface area contributed by atoms with Gasteiger partial charge in [-0.25, -0.2) is 4.90 Å². The first-order chi connectivity index (χ1) is 11.5. The summed E-state index contributed by atoms with van der Waals surface area (Å²) in [6.07, 6.45) is 1.06. The molecule has 1 fully saturated rings. The van der Waals surface area contributed by atoms with Crippen LogP contribution in [0.5, 0.6) is 0 Å². The number of anilines is 2. The third-order valence-corrected chi connectivity index (χ3v) is 4.75. The Balaban J connectivity index is 1.79. The summed E-state index contributed by atoms with van der Waals surface area (Å²) < 4.78 is 0. The van der Waals surface area contributed by atoms with E-state index < -0.39 is 6.04 Å². The molecular formula is C18H16Cl2N2O2. The van der Waals surface area contributed by atoms with Crippen molar-refractivity contribution in [3.05, 3.63) is 58.1 Å². The van der Waals surface area contributed by atoms with Crippen molar-refractivity contribution >= 4 is 46.4 Å². The second-order valence-electron chi connectivity index (χ2n) is 5.62. The van der Waals surface area contributed by atoms with Gasteiger partial charge in [-0.05, 0) is 42.3 Å². The molecule has 0 bridgehead atoms. The van der Waals surface area contributed by atoms with Crippen LogP contribution in [0.3, 0.4) is 0 Å². The van der Waals surface area contributed by atoms with Crippen molar-refractivity contribution < 1.29 is 9.59 Å². The molecule has 1 aliphatic rings. The lowest BCUT2D eigenvalue weighted by atomic mass is 10.1. The minimum Gasteiger partial charge on any atom is -0.373 e. The lowest BCUT2D eigenvalue weighted by Crippen LogP contribution is -2.34. The summed E-state index contributed by atoms with van der Waals surface area (Å²) in [5, 5.41) is 3.81. The van der Waals surface area contributed by atoms with Gasteiger partial charge in [0, 0.05) is 5.69 Å². The number of carbonyl (C=O) groups is 2. The maximum absolute atomic E-state index is 12.6. The predicted molar refractivity (Wildman–Crippen MR) is 96.8 cm³/mol. The number of carbonyl (C=O) groups excluding carboxylic acids is 2. The van der Waals surface area contributed by atoms with E-state index in [4.69, 9.17) is 23.2 Å². The number of nitrogens with zero attached hydrogens (tertiary/aromatic N) is 1. The molecule has 1 N–H and O–H groups in total. The Labute approximate surface area is 150 Å². The predicted octanol–water partition coefficient (Wildman–Crippen LogP) is 4.30. The van der Waals surface area contributed by atoms with Crippen LogP contribution < -0.4 is 10.2 Å². The minimum absolute atomic E-state index is 0.106. The van der Waals surface area contributed by atoms with Crippen molar-refractivity contribution in [2.45, 2.75) is 25.8 Å². The highest BCUT2D eigenvalue weighted by Gasteiger charge is 2.39. The second kappa shape index (κ2) is 6.83. The summed E-state index contributed by atoms with van der Waals surface area (Å²) in [6, 6.07) is 12.0. The van der Waals surface area contributed by atoms with E-state index in [1.54, 1.807) is 12.1 Å². The molecule has 3 rings (SSSR count). The van der Waals surface area contributed by atoms with E-state index in [9.17, 15) is 9.59 Å². The molecule has 0 saturated carbocycles. The smallest absolute Gasteiger partial charge is 0.256 e. The van der Waals surface area contributed by atoms with Crippen LogP contribution in [0.25, 0.3) is 0 Å². The van der Waals surface area contributed by atoms with E-state index in [0.717, 1.165) is 17.0 Å². The van der Waals surface area contributed by atoms with Crippen LogP contribution in [0, 0.1) is 0 Å². The molecule has 1 heterocycles. The van der Waals surface area contributed by atoms with Gasteiger partial charge >= 0.3 is 0 Å². The number of aryl methyl sites for hydroxylation is 1. The average Bonchev–Trinajstić information content (AvgIpc) is 2.85. The fourth-order valence-corrected chi connectivity index (χ4v) is 2.97. The second-order valence-corrected chi connectivity index (χ2v) is 6.43. The Morgan fingerprint density at radius 2 is 1.79 bits per heavy atom. The van der Waals surface area contributed by atoms with Gasteiger partial charge < -0.3 is 5.32 Å². The topological polar surface area (TPSA) is 49.4 Å². The van der Waals surface area contributed by atoms with E-state index in [0.29, 0.717) is 15.7 Å². The van der Waals surface area contributed by atoms with Crippen molar-refractivity contribution in [2.75, 3.05) is 10.2 Å². The molecule has 6 heteroatoms. The van der Waals surface area contributed by atoms with Gasteiger partial charge in [-0.2, -0.15) is 0 Å². The summed E-state index contributed by atoms with van der Waals surface area (Å²) in [6.45, 7) is 2.08. The minimum atomic E-state index is -0.584. The van der Waals surface area contributed by atoms with Crippen LogP contribution in [0.4, 0.5) is 11.4 Å². The zero-order valence-corrected chi connectivity index (χ0v) is 14.6. The van der Waals surface area contributed by atoms with Gasteiger partial charge in [-0.1, -0.05) is 42.3 Å². The third kappa shape index (κ3) is 3.25. The first kappa shape index (κ1) is 16.8. The fraction of sp³-hybridized carbons (Fsp3) is 0.222. The lowest BCUT2D eigenvalue weighted by molar-refractivity contribution is -0.121. The molecule has 2 amide bonds. The van der Waals surface area contributed by atoms with Crippen LogP contribution in [0.15, 0.2) is 42.5 Å². The third-order valence-electron chi connectivity index (χ3n) is 4.01. The highest BCUT2D eigenvalue weighted by Crippen LogP contribution is 2.30. The van der Waals surface area contributed by atoms with Crippen molar-refractivity contribution in [1.82, 2.24) is 0 Å². The Morgan fingerprint density at radius 1 is 1.08 bits per heavy atom. The van der Waals surface area contributed by atoms with Crippen molar-refractivity contribution in [1.29, 1.82) is 0 Å². The zero-order chi connectivity index (χ0) is 17.3. The molecule has 0 spiro atoms. The number of imide groups is 1. The SMILES string of the molecule is CCc1ccc(N[C@H]2CC(=O)N(c3ccc(Cl)c(Cl)c3)C2=O)cc1. The Hall–Kier alpha value is -2.04. The van der Waals surface area contributed by atoms with Gasteiger partial charge in [0.1, 0.15) is 6.04 Å². The Morgan fingerprint density at radius 3 is 2.42 bits per heavy atom. The number of rotatable bonds is 4. The van der Waals surface area contributed by atoms with Crippen molar-refractivity contribution in [2.24, 2.45) is 0 Å². The van der Waals surface area contributed by atoms with Crippen molar-refractivity contribution in [3.8, 4) is 0 Å². The van der Waals surface area contributed by atoms with E-state index in [2.05, 4.69) is 12.2 Å². The molecule has 2 aromatic rings. The van der Waals surface area contributed by atoms with Gasteiger partial charge in [-0.3, -0.25) is 9.59 Å². The molecule has 0 radical (unpaired) electrons. The lowest BCUT2D eigenvalue weighted by Gasteiger charge is -2.16. The monoisotopic (exact) mass is 362 g/mol. The average molecular weight is 363 g/mol. The zero-order valence-electron chi connectivity index (χ0n) is 13.1. The van der Waals surface area contributed by atoms with E-state index in [-0.39, 0.29) is 18.2 Å².